The molecule has 3 unspecified atom stereocenters. The number of hydrogen-bond acceptors (Lipinski definition) is 2. The second-order valence-corrected chi connectivity index (χ2v) is 7.64. The maximum Gasteiger partial charge on any atom is 0.139 e. The minimum absolute atomic E-state index is 0.0361. The number of carbonyl (C=O) groups is 2. The molecule has 2 aromatic rings. The number of carbonyl (C=O) groups excluding carboxylic acids is 2. The molecule has 3 atom stereocenters. The first kappa shape index (κ1) is 16.3. The highest BCUT2D eigenvalue weighted by atomic mass is 16.1. The second kappa shape index (κ2) is 6.59. The van der Waals surface area contributed by atoms with Crippen LogP contribution in [0.25, 0.3) is 0 Å². The molecule has 2 aromatic carbocycles. The molecular weight excluding hydrogens is 308 g/mol. The topological polar surface area (TPSA) is 34.1 Å². The maximum atomic E-state index is 13.1. The zero-order valence-corrected chi connectivity index (χ0v) is 14.5. The fraction of sp³-hybridized carbons (Fsp3) is 0.391. The summed E-state index contributed by atoms with van der Waals surface area (Å²) < 4.78 is 0. The van der Waals surface area contributed by atoms with Gasteiger partial charge in [0.1, 0.15) is 11.6 Å². The number of ketones is 2. The first-order valence-corrected chi connectivity index (χ1v) is 9.34. The largest absolute Gasteiger partial charge is 0.300 e. The zero-order chi connectivity index (χ0) is 17.3. The lowest BCUT2D eigenvalue weighted by Crippen LogP contribution is -2.45. The van der Waals surface area contributed by atoms with Gasteiger partial charge < -0.3 is 0 Å². The molecule has 0 amide bonds. The Morgan fingerprint density at radius 3 is 2.12 bits per heavy atom. The van der Waals surface area contributed by atoms with Crippen LogP contribution in [0.1, 0.15) is 61.5 Å². The fourth-order valence-corrected chi connectivity index (χ4v) is 4.98. The second-order valence-electron chi connectivity index (χ2n) is 7.64. The van der Waals surface area contributed by atoms with Crippen molar-refractivity contribution in [1.82, 2.24) is 0 Å². The smallest absolute Gasteiger partial charge is 0.139 e. The van der Waals surface area contributed by atoms with Crippen molar-refractivity contribution in [3.05, 3.63) is 71.8 Å². The van der Waals surface area contributed by atoms with Gasteiger partial charge in [-0.1, -0.05) is 60.7 Å². The molecule has 128 valence electrons. The van der Waals surface area contributed by atoms with Crippen molar-refractivity contribution in [2.75, 3.05) is 0 Å². The van der Waals surface area contributed by atoms with E-state index in [1.54, 1.807) is 0 Å². The summed E-state index contributed by atoms with van der Waals surface area (Å²) in [6.45, 7) is 0. The van der Waals surface area contributed by atoms with E-state index in [9.17, 15) is 9.59 Å². The Hall–Kier alpha value is -2.22. The molecule has 25 heavy (non-hydrogen) atoms. The lowest BCUT2D eigenvalue weighted by molar-refractivity contribution is -0.138. The molecular formula is C23H24O2. The van der Waals surface area contributed by atoms with Gasteiger partial charge in [0.05, 0.1) is 0 Å². The van der Waals surface area contributed by atoms with E-state index in [-0.39, 0.29) is 11.3 Å². The van der Waals surface area contributed by atoms with E-state index in [1.807, 2.05) is 24.3 Å². The number of hydrogen-bond donors (Lipinski definition) is 0. The monoisotopic (exact) mass is 332 g/mol. The SMILES string of the molecule is O=C1CCC2(CC(c3ccccc3)CCC2=O)C(c2ccccc2)C1. The fourth-order valence-electron chi connectivity index (χ4n) is 4.98. The number of benzene rings is 2. The molecule has 2 aliphatic rings. The van der Waals surface area contributed by atoms with E-state index in [2.05, 4.69) is 36.4 Å². The minimum Gasteiger partial charge on any atom is -0.300 e. The zero-order valence-electron chi connectivity index (χ0n) is 14.5. The molecule has 2 aliphatic carbocycles. The predicted octanol–water partition coefficient (Wildman–Crippen LogP) is 5.05. The summed E-state index contributed by atoms with van der Waals surface area (Å²) >= 11 is 0. The molecule has 0 bridgehead atoms. The van der Waals surface area contributed by atoms with Crippen LogP contribution in [0.5, 0.6) is 0 Å². The Morgan fingerprint density at radius 1 is 0.800 bits per heavy atom. The van der Waals surface area contributed by atoms with Crippen LogP contribution in [0.4, 0.5) is 0 Å². The molecule has 0 aliphatic heterocycles. The van der Waals surface area contributed by atoms with E-state index in [4.69, 9.17) is 0 Å². The number of rotatable bonds is 2. The Balaban J connectivity index is 1.72. The highest BCUT2D eigenvalue weighted by Gasteiger charge is 2.51. The van der Waals surface area contributed by atoms with Gasteiger partial charge in [-0.2, -0.15) is 0 Å². The third-order valence-corrected chi connectivity index (χ3v) is 6.31. The maximum absolute atomic E-state index is 13.1. The predicted molar refractivity (Wildman–Crippen MR) is 98.5 cm³/mol. The van der Waals surface area contributed by atoms with Gasteiger partial charge in [0.2, 0.25) is 0 Å². The van der Waals surface area contributed by atoms with Crippen LogP contribution in [0, 0.1) is 5.41 Å². The van der Waals surface area contributed by atoms with Crippen LogP contribution in [0.3, 0.4) is 0 Å². The summed E-state index contributed by atoms with van der Waals surface area (Å²) in [6.07, 6.45) is 4.22. The summed E-state index contributed by atoms with van der Waals surface area (Å²) in [5.41, 5.74) is 2.12. The molecule has 0 N–H and O–H groups in total. The summed E-state index contributed by atoms with van der Waals surface area (Å²) in [5, 5.41) is 0. The van der Waals surface area contributed by atoms with E-state index in [0.29, 0.717) is 43.2 Å². The van der Waals surface area contributed by atoms with Crippen LogP contribution in [-0.4, -0.2) is 11.6 Å². The van der Waals surface area contributed by atoms with Gasteiger partial charge in [-0.25, -0.2) is 0 Å². The van der Waals surface area contributed by atoms with Crippen LogP contribution < -0.4 is 0 Å². The molecule has 2 fully saturated rings. The summed E-state index contributed by atoms with van der Waals surface area (Å²) in [4.78, 5) is 25.3. The van der Waals surface area contributed by atoms with Crippen molar-refractivity contribution >= 4 is 11.6 Å². The Bertz CT molecular complexity index is 765. The number of Topliss-reactive ketones (excluding diaryl/α,β-unsaturated/α-hetero) is 2. The molecule has 0 radical (unpaired) electrons. The first-order chi connectivity index (χ1) is 12.2. The summed E-state index contributed by atoms with van der Waals surface area (Å²) in [7, 11) is 0. The van der Waals surface area contributed by atoms with Gasteiger partial charge >= 0.3 is 0 Å². The van der Waals surface area contributed by atoms with Crippen molar-refractivity contribution in [1.29, 1.82) is 0 Å². The van der Waals surface area contributed by atoms with Crippen molar-refractivity contribution < 1.29 is 9.59 Å². The molecule has 2 saturated carbocycles. The van der Waals surface area contributed by atoms with E-state index in [1.165, 1.54) is 5.56 Å². The van der Waals surface area contributed by atoms with Crippen molar-refractivity contribution in [2.45, 2.75) is 50.4 Å². The van der Waals surface area contributed by atoms with E-state index >= 15 is 0 Å². The van der Waals surface area contributed by atoms with E-state index < -0.39 is 0 Å². The van der Waals surface area contributed by atoms with E-state index in [0.717, 1.165) is 18.4 Å². The Labute approximate surface area is 149 Å². The molecule has 0 saturated heterocycles. The Morgan fingerprint density at radius 2 is 1.44 bits per heavy atom. The molecule has 4 rings (SSSR count). The minimum atomic E-state index is -0.367. The molecule has 2 nitrogen and oxygen atoms in total. The molecule has 0 heterocycles. The third kappa shape index (κ3) is 2.95. The van der Waals surface area contributed by atoms with Crippen LogP contribution in [0.2, 0.25) is 0 Å². The normalized spacial score (nSPS) is 29.8. The van der Waals surface area contributed by atoms with Gasteiger partial charge in [0.15, 0.2) is 0 Å². The lowest BCUT2D eigenvalue weighted by Gasteiger charge is -2.47. The lowest BCUT2D eigenvalue weighted by atomic mass is 9.54. The molecule has 0 aromatic heterocycles. The Kier molecular flexibility index (Phi) is 4.29. The molecule has 2 heteroatoms. The van der Waals surface area contributed by atoms with Gasteiger partial charge in [-0.15, -0.1) is 0 Å². The highest BCUT2D eigenvalue weighted by Crippen LogP contribution is 2.55. The van der Waals surface area contributed by atoms with Crippen LogP contribution in [-0.2, 0) is 9.59 Å². The highest BCUT2D eigenvalue weighted by molar-refractivity contribution is 5.91. The average Bonchev–Trinajstić information content (AvgIpc) is 2.67. The molecule has 1 spiro atoms. The van der Waals surface area contributed by atoms with Gasteiger partial charge in [-0.3, -0.25) is 9.59 Å². The van der Waals surface area contributed by atoms with Crippen molar-refractivity contribution in [3.63, 3.8) is 0 Å². The van der Waals surface area contributed by atoms with Crippen LogP contribution in [0.15, 0.2) is 60.7 Å². The summed E-state index contributed by atoms with van der Waals surface area (Å²) in [6, 6.07) is 20.8. The van der Waals surface area contributed by atoms with Gasteiger partial charge in [0, 0.05) is 30.6 Å². The van der Waals surface area contributed by atoms with Gasteiger partial charge in [-0.05, 0) is 36.3 Å². The van der Waals surface area contributed by atoms with Crippen molar-refractivity contribution in [2.24, 2.45) is 5.41 Å². The standard InChI is InChI=1S/C23H24O2/c24-20-13-14-23(21(15-20)18-9-5-2-6-10-18)16-19(11-12-22(23)25)17-7-3-1-4-8-17/h1-10,19,21H,11-16H2. The first-order valence-electron chi connectivity index (χ1n) is 9.34. The summed E-state index contributed by atoms with van der Waals surface area (Å²) in [5.74, 6) is 1.13. The average molecular weight is 332 g/mol. The third-order valence-electron chi connectivity index (χ3n) is 6.31. The van der Waals surface area contributed by atoms with Crippen LogP contribution >= 0.6 is 0 Å². The quantitative estimate of drug-likeness (QED) is 0.771. The van der Waals surface area contributed by atoms with Crippen molar-refractivity contribution in [3.8, 4) is 0 Å². The van der Waals surface area contributed by atoms with Gasteiger partial charge in [0.25, 0.3) is 0 Å².